The van der Waals surface area contributed by atoms with Crippen molar-refractivity contribution < 1.29 is 9.18 Å². The van der Waals surface area contributed by atoms with Crippen LogP contribution in [0.3, 0.4) is 0 Å². The van der Waals surface area contributed by atoms with Crippen molar-refractivity contribution in [1.29, 1.82) is 0 Å². The minimum Gasteiger partial charge on any atom is -0.322 e. The van der Waals surface area contributed by atoms with Gasteiger partial charge in [0.05, 0.1) is 18.4 Å². The van der Waals surface area contributed by atoms with Crippen LogP contribution in [0.15, 0.2) is 24.4 Å². The lowest BCUT2D eigenvalue weighted by Gasteiger charge is -2.32. The maximum Gasteiger partial charge on any atom is 0.229 e. The fourth-order valence-corrected chi connectivity index (χ4v) is 4.37. The average Bonchev–Trinajstić information content (AvgIpc) is 3.23. The van der Waals surface area contributed by atoms with Crippen molar-refractivity contribution in [3.8, 4) is 0 Å². The monoisotopic (exact) mass is 485 g/mol. The van der Waals surface area contributed by atoms with Gasteiger partial charge in [-0.1, -0.05) is 18.5 Å². The van der Waals surface area contributed by atoms with Gasteiger partial charge in [-0.15, -0.1) is 0 Å². The molecule has 0 bridgehead atoms. The first-order valence-corrected chi connectivity index (χ1v) is 11.8. The van der Waals surface area contributed by atoms with Crippen molar-refractivity contribution in [2.75, 3.05) is 30.3 Å². The molecule has 0 radical (unpaired) electrons. The molecule has 0 atom stereocenters. The van der Waals surface area contributed by atoms with Crippen LogP contribution >= 0.6 is 11.6 Å². The Labute approximate surface area is 203 Å². The Morgan fingerprint density at radius 3 is 2.68 bits per heavy atom. The number of H-pyrrole nitrogens is 1. The zero-order valence-electron chi connectivity index (χ0n) is 19.6. The number of halogens is 2. The van der Waals surface area contributed by atoms with Crippen molar-refractivity contribution in [3.05, 3.63) is 52.1 Å². The summed E-state index contributed by atoms with van der Waals surface area (Å²) >= 11 is 6.22. The first kappa shape index (κ1) is 24.1. The predicted octanol–water partition coefficient (Wildman–Crippen LogP) is 5.25. The molecule has 180 valence electrons. The standard InChI is InChI=1S/C24H29ClFN7O/c1-4-17(34)13-33-7-5-16(6-8-33)18-11-20(26)21(9-14(18)2)28-24-27-12-19(25)23(30-24)29-22-10-15(3)31-32-22/h9-12,16H,4-8,13H2,1-3H3,(H3,27,28,29,30,31,32). The van der Waals surface area contributed by atoms with Gasteiger partial charge in [0.2, 0.25) is 5.95 Å². The predicted molar refractivity (Wildman–Crippen MR) is 132 cm³/mol. The lowest BCUT2D eigenvalue weighted by molar-refractivity contribution is -0.120. The van der Waals surface area contributed by atoms with Crippen LogP contribution in [0.25, 0.3) is 0 Å². The number of hydrogen-bond acceptors (Lipinski definition) is 7. The van der Waals surface area contributed by atoms with E-state index in [1.54, 1.807) is 12.1 Å². The summed E-state index contributed by atoms with van der Waals surface area (Å²) < 4.78 is 15.1. The highest BCUT2D eigenvalue weighted by atomic mass is 35.5. The van der Waals surface area contributed by atoms with Gasteiger partial charge in [-0.3, -0.25) is 14.8 Å². The first-order chi connectivity index (χ1) is 16.3. The molecule has 3 heterocycles. The van der Waals surface area contributed by atoms with Crippen LogP contribution in [0.5, 0.6) is 0 Å². The van der Waals surface area contributed by atoms with Gasteiger partial charge in [0.1, 0.15) is 16.6 Å². The molecule has 0 spiro atoms. The zero-order chi connectivity index (χ0) is 24.2. The van der Waals surface area contributed by atoms with Crippen LogP contribution in [-0.2, 0) is 4.79 Å². The molecule has 34 heavy (non-hydrogen) atoms. The van der Waals surface area contributed by atoms with Gasteiger partial charge in [0.25, 0.3) is 0 Å². The van der Waals surface area contributed by atoms with Crippen LogP contribution in [-0.4, -0.2) is 50.5 Å². The number of Topliss-reactive ketones (excluding diaryl/α,β-unsaturated/α-hetero) is 1. The summed E-state index contributed by atoms with van der Waals surface area (Å²) in [4.78, 5) is 22.5. The number of carbonyl (C=O) groups is 1. The number of piperidine rings is 1. The Balaban J connectivity index is 1.45. The lowest BCUT2D eigenvalue weighted by Crippen LogP contribution is -2.36. The number of nitrogens with zero attached hydrogens (tertiary/aromatic N) is 4. The van der Waals surface area contributed by atoms with Crippen molar-refractivity contribution in [2.24, 2.45) is 0 Å². The highest BCUT2D eigenvalue weighted by Crippen LogP contribution is 2.34. The van der Waals surface area contributed by atoms with E-state index < -0.39 is 0 Å². The second kappa shape index (κ2) is 10.5. The number of nitrogens with one attached hydrogen (secondary N) is 3. The zero-order valence-corrected chi connectivity index (χ0v) is 20.3. The summed E-state index contributed by atoms with van der Waals surface area (Å²) in [5.74, 6) is 1.34. The highest BCUT2D eigenvalue weighted by Gasteiger charge is 2.24. The number of rotatable bonds is 8. The Morgan fingerprint density at radius 1 is 1.24 bits per heavy atom. The topological polar surface area (TPSA) is 98.8 Å². The fraction of sp³-hybridized carbons (Fsp3) is 0.417. The Bertz CT molecular complexity index is 1170. The van der Waals surface area contributed by atoms with Crippen molar-refractivity contribution in [2.45, 2.75) is 46.0 Å². The minimum absolute atomic E-state index is 0.221. The quantitative estimate of drug-likeness (QED) is 0.400. The largest absolute Gasteiger partial charge is 0.322 e. The third kappa shape index (κ3) is 5.71. The van der Waals surface area contributed by atoms with Gasteiger partial charge in [-0.2, -0.15) is 10.1 Å². The van der Waals surface area contributed by atoms with Gasteiger partial charge < -0.3 is 10.6 Å². The molecule has 10 heteroatoms. The molecule has 0 unspecified atom stereocenters. The lowest BCUT2D eigenvalue weighted by atomic mass is 9.86. The summed E-state index contributed by atoms with van der Waals surface area (Å²) in [7, 11) is 0. The average molecular weight is 486 g/mol. The molecule has 1 aromatic carbocycles. The van der Waals surface area contributed by atoms with Crippen LogP contribution in [0, 0.1) is 19.7 Å². The number of aromatic nitrogens is 4. The SMILES string of the molecule is CCC(=O)CN1CCC(c2cc(F)c(Nc3ncc(Cl)c(Nc4cc(C)[nH]n4)n3)cc2C)CC1. The second-order valence-electron chi connectivity index (χ2n) is 8.71. The Morgan fingerprint density at radius 2 is 2.00 bits per heavy atom. The third-order valence-electron chi connectivity index (χ3n) is 6.12. The molecule has 8 nitrogen and oxygen atoms in total. The van der Waals surface area contributed by atoms with Crippen molar-refractivity contribution in [1.82, 2.24) is 25.1 Å². The van der Waals surface area contributed by atoms with Gasteiger partial charge in [-0.05, 0) is 69.0 Å². The highest BCUT2D eigenvalue weighted by molar-refractivity contribution is 6.32. The number of aryl methyl sites for hydroxylation is 2. The molecule has 1 aliphatic rings. The maximum absolute atomic E-state index is 15.1. The number of hydrogen-bond donors (Lipinski definition) is 3. The molecule has 0 amide bonds. The summed E-state index contributed by atoms with van der Waals surface area (Å²) in [5.41, 5.74) is 3.21. The van der Waals surface area contributed by atoms with Crippen LogP contribution in [0.1, 0.15) is 48.9 Å². The van der Waals surface area contributed by atoms with E-state index >= 15 is 4.39 Å². The Kier molecular flexibility index (Phi) is 7.43. The van der Waals surface area contributed by atoms with E-state index in [4.69, 9.17) is 11.6 Å². The van der Waals surface area contributed by atoms with E-state index in [1.807, 2.05) is 26.8 Å². The summed E-state index contributed by atoms with van der Waals surface area (Å²) in [6, 6.07) is 5.22. The third-order valence-corrected chi connectivity index (χ3v) is 6.40. The molecule has 4 rings (SSSR count). The number of likely N-dealkylation sites (tertiary alicyclic amines) is 1. The number of carbonyl (C=O) groups excluding carboxylic acids is 1. The number of ketones is 1. The van der Waals surface area contributed by atoms with Crippen LogP contribution in [0.4, 0.5) is 27.7 Å². The smallest absolute Gasteiger partial charge is 0.229 e. The minimum atomic E-state index is -0.361. The molecule has 0 saturated carbocycles. The summed E-state index contributed by atoms with van der Waals surface area (Å²) in [6.07, 6.45) is 3.84. The van der Waals surface area contributed by atoms with E-state index in [2.05, 4.69) is 35.7 Å². The summed E-state index contributed by atoms with van der Waals surface area (Å²) in [6.45, 7) is 7.98. The van der Waals surface area contributed by atoms with E-state index in [0.29, 0.717) is 35.3 Å². The van der Waals surface area contributed by atoms with Crippen LogP contribution < -0.4 is 10.6 Å². The number of benzene rings is 1. The molecule has 1 fully saturated rings. The Hall–Kier alpha value is -3.04. The van der Waals surface area contributed by atoms with Gasteiger partial charge in [0.15, 0.2) is 11.6 Å². The van der Waals surface area contributed by atoms with Crippen molar-refractivity contribution in [3.63, 3.8) is 0 Å². The van der Waals surface area contributed by atoms with Gasteiger partial charge in [-0.25, -0.2) is 9.37 Å². The summed E-state index contributed by atoms with van der Waals surface area (Å²) in [5, 5.41) is 13.3. The number of anilines is 4. The molecule has 1 saturated heterocycles. The van der Waals surface area contributed by atoms with E-state index in [9.17, 15) is 4.79 Å². The molecular formula is C24H29ClFN7O. The van der Waals surface area contributed by atoms with E-state index in [-0.39, 0.29) is 23.5 Å². The van der Waals surface area contributed by atoms with Crippen LogP contribution in [0.2, 0.25) is 5.02 Å². The molecule has 2 aromatic heterocycles. The fourth-order valence-electron chi connectivity index (χ4n) is 4.23. The maximum atomic E-state index is 15.1. The second-order valence-corrected chi connectivity index (χ2v) is 9.11. The van der Waals surface area contributed by atoms with Crippen molar-refractivity contribution >= 4 is 40.7 Å². The first-order valence-electron chi connectivity index (χ1n) is 11.4. The molecule has 3 N–H and O–H groups in total. The molecule has 3 aromatic rings. The number of aromatic amines is 1. The molecule has 0 aliphatic carbocycles. The van der Waals surface area contributed by atoms with E-state index in [0.717, 1.165) is 42.8 Å². The van der Waals surface area contributed by atoms with E-state index in [1.165, 1.54) is 6.20 Å². The normalized spacial score (nSPS) is 14.9. The van der Waals surface area contributed by atoms with Gasteiger partial charge >= 0.3 is 0 Å². The van der Waals surface area contributed by atoms with Gasteiger partial charge in [0, 0.05) is 18.2 Å². The molecular weight excluding hydrogens is 457 g/mol. The molecule has 1 aliphatic heterocycles.